The zero-order valence-electron chi connectivity index (χ0n) is 19.7. The minimum absolute atomic E-state index is 0.160. The van der Waals surface area contributed by atoms with Crippen LogP contribution in [-0.2, 0) is 6.54 Å². The molecule has 2 N–H and O–H groups in total. The van der Waals surface area contributed by atoms with Gasteiger partial charge in [-0.05, 0) is 62.4 Å². The van der Waals surface area contributed by atoms with E-state index in [1.165, 1.54) is 11.3 Å². The van der Waals surface area contributed by atoms with E-state index < -0.39 is 0 Å². The highest BCUT2D eigenvalue weighted by Gasteiger charge is 2.16. The van der Waals surface area contributed by atoms with Crippen LogP contribution in [-0.4, -0.2) is 26.6 Å². The molecule has 3 heterocycles. The second-order valence-corrected chi connectivity index (χ2v) is 9.41. The van der Waals surface area contributed by atoms with Crippen LogP contribution in [0.2, 0.25) is 0 Å². The highest BCUT2D eigenvalue weighted by atomic mass is 32.1. The minimum Gasteiger partial charge on any atom is -0.441 e. The van der Waals surface area contributed by atoms with Crippen molar-refractivity contribution >= 4 is 28.8 Å². The van der Waals surface area contributed by atoms with E-state index in [2.05, 4.69) is 20.7 Å². The molecule has 2 amide bonds. The number of amides is 2. The molecule has 5 aromatic rings. The third kappa shape index (κ3) is 4.96. The average molecular weight is 498 g/mol. The van der Waals surface area contributed by atoms with Crippen LogP contribution in [0.5, 0.6) is 0 Å². The lowest BCUT2D eigenvalue weighted by Gasteiger charge is -2.09. The van der Waals surface area contributed by atoms with Crippen LogP contribution < -0.4 is 10.6 Å². The molecule has 3 aromatic heterocycles. The Kier molecular flexibility index (Phi) is 6.46. The predicted octanol–water partition coefficient (Wildman–Crippen LogP) is 5.39. The van der Waals surface area contributed by atoms with Crippen molar-refractivity contribution in [1.29, 1.82) is 0 Å². The molecule has 0 radical (unpaired) electrons. The molecular weight excluding hydrogens is 474 g/mol. The van der Waals surface area contributed by atoms with Gasteiger partial charge in [-0.2, -0.15) is 5.10 Å². The minimum atomic E-state index is -0.237. The first kappa shape index (κ1) is 23.3. The fraction of sp³-hybridized carbons (Fsp3) is 0.111. The van der Waals surface area contributed by atoms with Gasteiger partial charge in [0.15, 0.2) is 0 Å². The van der Waals surface area contributed by atoms with Crippen molar-refractivity contribution in [3.8, 4) is 17.1 Å². The number of nitrogens with one attached hydrogen (secondary N) is 2. The molecule has 0 fully saturated rings. The van der Waals surface area contributed by atoms with Crippen molar-refractivity contribution in [3.05, 3.63) is 106 Å². The lowest BCUT2D eigenvalue weighted by atomic mass is 10.1. The Morgan fingerprint density at radius 2 is 1.86 bits per heavy atom. The van der Waals surface area contributed by atoms with Crippen molar-refractivity contribution in [2.24, 2.45) is 0 Å². The number of carbonyl (C=O) groups excluding carboxylic acids is 2. The molecule has 0 spiro atoms. The van der Waals surface area contributed by atoms with Crippen molar-refractivity contribution in [1.82, 2.24) is 20.1 Å². The van der Waals surface area contributed by atoms with Gasteiger partial charge < -0.3 is 15.1 Å². The Morgan fingerprint density at radius 3 is 2.64 bits per heavy atom. The number of aryl methyl sites for hydroxylation is 2. The molecule has 5 rings (SSSR count). The van der Waals surface area contributed by atoms with E-state index in [9.17, 15) is 9.59 Å². The number of aromatic nitrogens is 3. The van der Waals surface area contributed by atoms with Gasteiger partial charge in [0, 0.05) is 28.5 Å². The van der Waals surface area contributed by atoms with Gasteiger partial charge in [0.1, 0.15) is 11.5 Å². The van der Waals surface area contributed by atoms with E-state index in [4.69, 9.17) is 4.42 Å². The summed E-state index contributed by atoms with van der Waals surface area (Å²) < 4.78 is 7.53. The zero-order valence-corrected chi connectivity index (χ0v) is 20.5. The lowest BCUT2D eigenvalue weighted by Crippen LogP contribution is -2.24. The monoisotopic (exact) mass is 497 g/mol. The summed E-state index contributed by atoms with van der Waals surface area (Å²) in [5.74, 6) is 0.622. The Bertz CT molecular complexity index is 1530. The van der Waals surface area contributed by atoms with E-state index in [0.717, 1.165) is 10.4 Å². The molecule has 2 aromatic carbocycles. The number of thiophene rings is 1. The molecule has 0 aliphatic carbocycles. The van der Waals surface area contributed by atoms with Crippen LogP contribution in [0, 0.1) is 13.8 Å². The number of carbonyl (C=O) groups is 2. The maximum atomic E-state index is 12.9. The standard InChI is InChI=1S/C27H23N5O3S/c1-17-11-12-24(36-17)26(34)30-20-8-5-7-19(15-20)27-31-22(18(2)35-27)16-28-25(33)21-9-3-4-10-23(21)32-14-6-13-29-32/h3-15H,16H2,1-2H3,(H,28,33)(H,30,34). The normalized spacial score (nSPS) is 10.8. The predicted molar refractivity (Wildman–Crippen MR) is 138 cm³/mol. The Labute approximate surface area is 211 Å². The number of hydrogen-bond acceptors (Lipinski definition) is 6. The molecule has 180 valence electrons. The first-order chi connectivity index (χ1) is 17.5. The molecule has 0 unspecified atom stereocenters. The average Bonchev–Trinajstić information content (AvgIpc) is 3.64. The summed E-state index contributed by atoms with van der Waals surface area (Å²) in [5, 5.41) is 10.1. The second-order valence-electron chi connectivity index (χ2n) is 8.12. The Hall–Kier alpha value is -4.50. The van der Waals surface area contributed by atoms with Crippen molar-refractivity contribution < 1.29 is 14.0 Å². The third-order valence-electron chi connectivity index (χ3n) is 5.54. The maximum Gasteiger partial charge on any atom is 0.265 e. The number of oxazole rings is 1. The molecule has 0 bridgehead atoms. The fourth-order valence-electron chi connectivity index (χ4n) is 3.73. The number of hydrogen-bond donors (Lipinski definition) is 2. The van der Waals surface area contributed by atoms with Crippen molar-refractivity contribution in [2.75, 3.05) is 5.32 Å². The summed E-state index contributed by atoms with van der Waals surface area (Å²) in [7, 11) is 0. The Balaban J connectivity index is 1.29. The topological polar surface area (TPSA) is 102 Å². The van der Waals surface area contributed by atoms with Crippen LogP contribution in [0.15, 0.2) is 83.5 Å². The van der Waals surface area contributed by atoms with Crippen LogP contribution in [0.4, 0.5) is 5.69 Å². The number of para-hydroxylation sites is 1. The molecule has 36 heavy (non-hydrogen) atoms. The first-order valence-electron chi connectivity index (χ1n) is 11.3. The Morgan fingerprint density at radius 1 is 1.00 bits per heavy atom. The molecule has 0 saturated carbocycles. The fourth-order valence-corrected chi connectivity index (χ4v) is 4.49. The maximum absolute atomic E-state index is 12.9. The molecule has 0 saturated heterocycles. The van der Waals surface area contributed by atoms with Crippen molar-refractivity contribution in [3.63, 3.8) is 0 Å². The summed E-state index contributed by atoms with van der Waals surface area (Å²) in [6, 6.07) is 20.1. The first-order valence-corrected chi connectivity index (χ1v) is 12.1. The number of nitrogens with zero attached hydrogens (tertiary/aromatic N) is 3. The van der Waals surface area contributed by atoms with Crippen LogP contribution >= 0.6 is 11.3 Å². The lowest BCUT2D eigenvalue weighted by molar-refractivity contribution is 0.0949. The number of benzene rings is 2. The van der Waals surface area contributed by atoms with Gasteiger partial charge in [0.05, 0.1) is 22.7 Å². The third-order valence-corrected chi connectivity index (χ3v) is 6.54. The van der Waals surface area contributed by atoms with Gasteiger partial charge >= 0.3 is 0 Å². The molecule has 9 heteroatoms. The van der Waals surface area contributed by atoms with Gasteiger partial charge in [-0.15, -0.1) is 11.3 Å². The summed E-state index contributed by atoms with van der Waals surface area (Å²) in [4.78, 5) is 31.8. The molecule has 0 aliphatic heterocycles. The summed E-state index contributed by atoms with van der Waals surface area (Å²) >= 11 is 1.44. The molecule has 8 nitrogen and oxygen atoms in total. The molecule has 0 aliphatic rings. The van der Waals surface area contributed by atoms with Gasteiger partial charge in [-0.3, -0.25) is 9.59 Å². The van der Waals surface area contributed by atoms with E-state index in [-0.39, 0.29) is 18.4 Å². The zero-order chi connectivity index (χ0) is 25.1. The quantitative estimate of drug-likeness (QED) is 0.314. The van der Waals surface area contributed by atoms with E-state index in [1.54, 1.807) is 36.1 Å². The largest absolute Gasteiger partial charge is 0.441 e. The van der Waals surface area contributed by atoms with E-state index in [0.29, 0.717) is 39.2 Å². The number of rotatable bonds is 7. The van der Waals surface area contributed by atoms with Crippen LogP contribution in [0.1, 0.15) is 36.4 Å². The van der Waals surface area contributed by atoms with Crippen LogP contribution in [0.25, 0.3) is 17.1 Å². The van der Waals surface area contributed by atoms with Crippen LogP contribution in [0.3, 0.4) is 0 Å². The molecular formula is C27H23N5O3S. The summed E-state index contributed by atoms with van der Waals surface area (Å²) in [6.45, 7) is 3.97. The SMILES string of the molecule is Cc1ccc(C(=O)Nc2cccc(-c3nc(CNC(=O)c4ccccc4-n4cccn4)c(C)o3)c2)s1. The highest BCUT2D eigenvalue weighted by Crippen LogP contribution is 2.25. The van der Waals surface area contributed by atoms with Crippen molar-refractivity contribution in [2.45, 2.75) is 20.4 Å². The van der Waals surface area contributed by atoms with Gasteiger partial charge in [-0.1, -0.05) is 18.2 Å². The van der Waals surface area contributed by atoms with E-state index >= 15 is 0 Å². The summed E-state index contributed by atoms with van der Waals surface area (Å²) in [6.07, 6.45) is 3.46. The van der Waals surface area contributed by atoms with E-state index in [1.807, 2.05) is 61.5 Å². The van der Waals surface area contributed by atoms with Gasteiger partial charge in [-0.25, -0.2) is 9.67 Å². The highest BCUT2D eigenvalue weighted by molar-refractivity contribution is 7.14. The number of anilines is 1. The molecule has 0 atom stereocenters. The smallest absolute Gasteiger partial charge is 0.265 e. The second kappa shape index (κ2) is 10.0. The van der Waals surface area contributed by atoms with Gasteiger partial charge in [0.25, 0.3) is 11.8 Å². The van der Waals surface area contributed by atoms with Gasteiger partial charge in [0.2, 0.25) is 5.89 Å². The summed E-state index contributed by atoms with van der Waals surface area (Å²) in [5.41, 5.74) is 3.18.